The Kier molecular flexibility index (Phi) is 8.42. The third kappa shape index (κ3) is 6.02. The van der Waals surface area contributed by atoms with Crippen molar-refractivity contribution in [3.63, 3.8) is 0 Å². The van der Waals surface area contributed by atoms with Crippen LogP contribution in [0.25, 0.3) is 0 Å². The molecule has 1 aliphatic carbocycles. The van der Waals surface area contributed by atoms with E-state index in [2.05, 4.69) is 31.3 Å². The molecule has 6 atom stereocenters. The maximum absolute atomic E-state index is 13.8. The number of hydrogen-bond donors (Lipinski definition) is 3. The number of ether oxygens (including phenoxy) is 1. The molecule has 0 spiro atoms. The summed E-state index contributed by atoms with van der Waals surface area (Å²) in [6.45, 7) is 4.35. The highest BCUT2D eigenvalue weighted by molar-refractivity contribution is 7.91. The summed E-state index contributed by atoms with van der Waals surface area (Å²) in [5.74, 6) is -0.411. The molecule has 190 valence electrons. The number of carboxylic acid groups (broad SMARTS) is 1. The van der Waals surface area contributed by atoms with Gasteiger partial charge in [-0.1, -0.05) is 57.0 Å². The van der Waals surface area contributed by atoms with Crippen LogP contribution in [0.4, 0.5) is 0 Å². The highest BCUT2D eigenvalue weighted by Crippen LogP contribution is 2.40. The summed E-state index contributed by atoms with van der Waals surface area (Å²) in [7, 11) is 0. The molecule has 0 saturated heterocycles. The second-order valence-electron chi connectivity index (χ2n) is 10.1. The number of aliphatic hydroxyl groups is 1. The fraction of sp³-hybridized carbons (Fsp3) is 0.536. The first kappa shape index (κ1) is 26.0. The SMILES string of the molecule is CCCCC1(CC)C[S+]([O-])c2cc(O[C@@H]3CC(C(=O)O)C[C@H](O)C3)ccc2C(c2ccccc2)N1. The molecule has 3 N–H and O–H groups in total. The van der Waals surface area contributed by atoms with Crippen LogP contribution in [0.3, 0.4) is 0 Å². The van der Waals surface area contributed by atoms with Crippen molar-refractivity contribution in [1.29, 1.82) is 0 Å². The standard InChI is InChI=1S/C28H37NO5S/c1-3-5-13-28(4-2)18-35(33)25-17-22(34-23-15-20(27(31)32)14-21(30)16-23)11-12-24(25)26(29-28)19-9-7-6-8-10-19/h6-12,17,20-21,23,26,29-30H,3-5,13-16,18H2,1-2H3,(H,31,32)/t20?,21-,23+,26?,28?,35?/m0/s1. The molecule has 0 amide bonds. The molecule has 4 unspecified atom stereocenters. The van der Waals surface area contributed by atoms with Crippen LogP contribution in [0.2, 0.25) is 0 Å². The summed E-state index contributed by atoms with van der Waals surface area (Å²) in [6.07, 6.45) is 3.93. The van der Waals surface area contributed by atoms with Crippen LogP contribution in [0.5, 0.6) is 5.75 Å². The van der Waals surface area contributed by atoms with E-state index in [9.17, 15) is 19.6 Å². The lowest BCUT2D eigenvalue weighted by molar-refractivity contribution is -0.145. The molecule has 1 aliphatic heterocycles. The van der Waals surface area contributed by atoms with Gasteiger partial charge in [0.05, 0.1) is 23.6 Å². The molecule has 7 heteroatoms. The first-order valence-electron chi connectivity index (χ1n) is 12.8. The van der Waals surface area contributed by atoms with Gasteiger partial charge in [0.1, 0.15) is 17.6 Å². The number of carbonyl (C=O) groups is 1. The van der Waals surface area contributed by atoms with Crippen LogP contribution in [0.1, 0.15) is 76.0 Å². The molecule has 6 nitrogen and oxygen atoms in total. The number of aliphatic hydroxyl groups excluding tert-OH is 1. The largest absolute Gasteiger partial charge is 0.611 e. The van der Waals surface area contributed by atoms with Gasteiger partial charge in [0.25, 0.3) is 0 Å². The molecule has 1 saturated carbocycles. The summed E-state index contributed by atoms with van der Waals surface area (Å²) in [5, 5.41) is 23.5. The maximum Gasteiger partial charge on any atom is 0.306 e. The van der Waals surface area contributed by atoms with E-state index in [1.54, 1.807) is 0 Å². The van der Waals surface area contributed by atoms with Gasteiger partial charge in [-0.15, -0.1) is 0 Å². The minimum absolute atomic E-state index is 0.0867. The van der Waals surface area contributed by atoms with E-state index < -0.39 is 29.2 Å². The number of nitrogens with one attached hydrogen (secondary N) is 1. The van der Waals surface area contributed by atoms with E-state index >= 15 is 0 Å². The van der Waals surface area contributed by atoms with Crippen molar-refractivity contribution in [2.45, 2.75) is 87.5 Å². The smallest absolute Gasteiger partial charge is 0.306 e. The Morgan fingerprint density at radius 3 is 2.63 bits per heavy atom. The minimum Gasteiger partial charge on any atom is -0.611 e. The lowest BCUT2D eigenvalue weighted by atomic mass is 9.85. The Labute approximate surface area is 211 Å². The lowest BCUT2D eigenvalue weighted by Crippen LogP contribution is -2.50. The fourth-order valence-corrected chi connectivity index (χ4v) is 7.24. The van der Waals surface area contributed by atoms with Crippen molar-refractivity contribution in [2.75, 3.05) is 5.75 Å². The van der Waals surface area contributed by atoms with E-state index in [4.69, 9.17) is 4.74 Å². The average Bonchev–Trinajstić information content (AvgIpc) is 2.97. The predicted molar refractivity (Wildman–Crippen MR) is 137 cm³/mol. The molecule has 4 rings (SSSR count). The van der Waals surface area contributed by atoms with Crippen molar-refractivity contribution < 1.29 is 24.3 Å². The van der Waals surface area contributed by atoms with Crippen molar-refractivity contribution in [2.24, 2.45) is 5.92 Å². The van der Waals surface area contributed by atoms with Crippen LogP contribution in [-0.2, 0) is 16.0 Å². The van der Waals surface area contributed by atoms with E-state index in [1.807, 2.05) is 36.4 Å². The molecule has 35 heavy (non-hydrogen) atoms. The summed E-state index contributed by atoms with van der Waals surface area (Å²) < 4.78 is 19.9. The van der Waals surface area contributed by atoms with Crippen molar-refractivity contribution in [3.8, 4) is 5.75 Å². The van der Waals surface area contributed by atoms with Gasteiger partial charge in [-0.25, -0.2) is 0 Å². The Bertz CT molecular complexity index is 1000. The second kappa shape index (κ2) is 11.3. The van der Waals surface area contributed by atoms with Crippen LogP contribution in [-0.4, -0.2) is 44.2 Å². The fourth-order valence-electron chi connectivity index (χ4n) is 5.45. The highest BCUT2D eigenvalue weighted by Gasteiger charge is 2.42. The number of benzene rings is 2. The number of rotatable bonds is 8. The Balaban J connectivity index is 1.67. The summed E-state index contributed by atoms with van der Waals surface area (Å²) >= 11 is -1.22. The van der Waals surface area contributed by atoms with E-state index in [0.717, 1.165) is 41.7 Å². The molecular weight excluding hydrogens is 462 g/mol. The van der Waals surface area contributed by atoms with Gasteiger partial charge in [0.2, 0.25) is 0 Å². The summed E-state index contributed by atoms with van der Waals surface area (Å²) in [6, 6.07) is 15.9. The van der Waals surface area contributed by atoms with Gasteiger partial charge in [0.15, 0.2) is 4.90 Å². The summed E-state index contributed by atoms with van der Waals surface area (Å²) in [4.78, 5) is 12.3. The number of aliphatic carboxylic acids is 1. The average molecular weight is 500 g/mol. The zero-order chi connectivity index (χ0) is 25.0. The Morgan fingerprint density at radius 1 is 1.17 bits per heavy atom. The quantitative estimate of drug-likeness (QED) is 0.450. The molecule has 1 heterocycles. The number of hydrogen-bond acceptors (Lipinski definition) is 5. The highest BCUT2D eigenvalue weighted by atomic mass is 32.2. The van der Waals surface area contributed by atoms with Gasteiger partial charge in [-0.2, -0.15) is 0 Å². The molecule has 1 fully saturated rings. The second-order valence-corrected chi connectivity index (χ2v) is 11.5. The zero-order valence-corrected chi connectivity index (χ0v) is 21.4. The molecule has 0 aromatic heterocycles. The van der Waals surface area contributed by atoms with Crippen molar-refractivity contribution >= 4 is 17.1 Å². The van der Waals surface area contributed by atoms with Gasteiger partial charge >= 0.3 is 5.97 Å². The van der Waals surface area contributed by atoms with E-state index in [0.29, 0.717) is 24.3 Å². The molecule has 2 aromatic rings. The zero-order valence-electron chi connectivity index (χ0n) is 20.6. The molecule has 0 bridgehead atoms. The van der Waals surface area contributed by atoms with E-state index in [1.165, 1.54) is 0 Å². The van der Waals surface area contributed by atoms with Crippen molar-refractivity contribution in [3.05, 3.63) is 59.7 Å². The van der Waals surface area contributed by atoms with Crippen LogP contribution in [0.15, 0.2) is 53.4 Å². The van der Waals surface area contributed by atoms with Crippen LogP contribution in [0, 0.1) is 5.92 Å². The molecule has 0 radical (unpaired) electrons. The third-order valence-electron chi connectivity index (χ3n) is 7.51. The van der Waals surface area contributed by atoms with Crippen LogP contribution >= 0.6 is 0 Å². The van der Waals surface area contributed by atoms with E-state index in [-0.39, 0.29) is 24.1 Å². The number of fused-ring (bicyclic) bond motifs is 1. The molecular formula is C28H37NO5S. The number of carboxylic acids is 1. The Hall–Kier alpha value is -2.06. The maximum atomic E-state index is 13.8. The first-order valence-corrected chi connectivity index (χ1v) is 14.1. The van der Waals surface area contributed by atoms with Crippen LogP contribution < -0.4 is 10.1 Å². The first-order chi connectivity index (χ1) is 16.8. The van der Waals surface area contributed by atoms with Gasteiger partial charge in [-0.3, -0.25) is 10.1 Å². The minimum atomic E-state index is -1.22. The summed E-state index contributed by atoms with van der Waals surface area (Å²) in [5.41, 5.74) is 1.89. The van der Waals surface area contributed by atoms with Gasteiger partial charge < -0.3 is 19.5 Å². The molecule has 2 aromatic carbocycles. The monoisotopic (exact) mass is 499 g/mol. The Morgan fingerprint density at radius 2 is 1.94 bits per heavy atom. The number of unbranched alkanes of at least 4 members (excludes halogenated alkanes) is 1. The molecule has 2 aliphatic rings. The van der Waals surface area contributed by atoms with Crippen molar-refractivity contribution in [1.82, 2.24) is 5.32 Å². The van der Waals surface area contributed by atoms with Gasteiger partial charge in [0, 0.05) is 18.1 Å². The topological polar surface area (TPSA) is 102 Å². The normalized spacial score (nSPS) is 30.8. The predicted octanol–water partition coefficient (Wildman–Crippen LogP) is 4.82. The third-order valence-corrected chi connectivity index (χ3v) is 9.17. The lowest BCUT2D eigenvalue weighted by Gasteiger charge is -2.35. The van der Waals surface area contributed by atoms with Gasteiger partial charge in [-0.05, 0) is 54.6 Å².